The number of anilines is 1. The Morgan fingerprint density at radius 3 is 3.04 bits per heavy atom. The van der Waals surface area contributed by atoms with E-state index in [2.05, 4.69) is 21.4 Å². The Bertz CT molecular complexity index is 1040. The summed E-state index contributed by atoms with van der Waals surface area (Å²) in [5.74, 6) is 0.496. The molecule has 1 atom stereocenters. The number of hydrogen-bond donors (Lipinski definition) is 2. The Morgan fingerprint density at radius 2 is 2.11 bits per heavy atom. The number of halogens is 1. The van der Waals surface area contributed by atoms with Crippen LogP contribution < -0.4 is 5.32 Å². The highest BCUT2D eigenvalue weighted by atomic mass is 19.1. The fraction of sp³-hybridized carbons (Fsp3) is 0.364. The van der Waals surface area contributed by atoms with Crippen LogP contribution in [-0.2, 0) is 6.42 Å². The van der Waals surface area contributed by atoms with E-state index in [1.807, 2.05) is 17.0 Å². The van der Waals surface area contributed by atoms with Gasteiger partial charge in [0.05, 0.1) is 28.3 Å². The summed E-state index contributed by atoms with van der Waals surface area (Å²) in [6.07, 6.45) is 4.98. The van der Waals surface area contributed by atoms with E-state index in [1.54, 1.807) is 6.07 Å². The number of H-pyrrole nitrogens is 1. The summed E-state index contributed by atoms with van der Waals surface area (Å²) in [6, 6.07) is 10.4. The third-order valence-electron chi connectivity index (χ3n) is 5.85. The summed E-state index contributed by atoms with van der Waals surface area (Å²) >= 11 is 0. The number of para-hydroxylation sites is 1. The van der Waals surface area contributed by atoms with Gasteiger partial charge in [-0.25, -0.2) is 9.37 Å². The molecule has 5 rings (SSSR count). The quantitative estimate of drug-likeness (QED) is 0.694. The molecule has 0 bridgehead atoms. The first kappa shape index (κ1) is 17.2. The number of aromatic amines is 1. The number of aromatic nitrogens is 2. The number of fused-ring (bicyclic) bond motifs is 2. The van der Waals surface area contributed by atoms with Gasteiger partial charge >= 0.3 is 0 Å². The molecule has 5 nitrogen and oxygen atoms in total. The first-order valence-corrected chi connectivity index (χ1v) is 10.0. The maximum Gasteiger partial charge on any atom is 0.256 e. The lowest BCUT2D eigenvalue weighted by Crippen LogP contribution is -2.39. The second kappa shape index (κ2) is 6.93. The van der Waals surface area contributed by atoms with E-state index in [1.165, 1.54) is 17.7 Å². The number of nitrogens with one attached hydrogen (secondary N) is 2. The molecule has 0 radical (unpaired) electrons. The van der Waals surface area contributed by atoms with Crippen LogP contribution in [0.15, 0.2) is 36.4 Å². The number of benzene rings is 2. The fourth-order valence-corrected chi connectivity index (χ4v) is 4.46. The van der Waals surface area contributed by atoms with Crippen molar-refractivity contribution >= 4 is 22.6 Å². The van der Waals surface area contributed by atoms with Crippen LogP contribution >= 0.6 is 0 Å². The van der Waals surface area contributed by atoms with Crippen LogP contribution in [0.4, 0.5) is 10.1 Å². The second-order valence-corrected chi connectivity index (χ2v) is 7.66. The Labute approximate surface area is 163 Å². The van der Waals surface area contributed by atoms with Gasteiger partial charge in [-0.15, -0.1) is 0 Å². The van der Waals surface area contributed by atoms with Crippen LogP contribution in [0.1, 0.15) is 53.5 Å². The first-order chi connectivity index (χ1) is 13.7. The van der Waals surface area contributed by atoms with Crippen LogP contribution in [0.25, 0.3) is 11.0 Å². The lowest BCUT2D eigenvalue weighted by Gasteiger charge is -2.35. The normalized spacial score (nSPS) is 19.3. The van der Waals surface area contributed by atoms with Gasteiger partial charge in [0.2, 0.25) is 0 Å². The van der Waals surface area contributed by atoms with E-state index < -0.39 is 0 Å². The van der Waals surface area contributed by atoms with Crippen molar-refractivity contribution in [1.82, 2.24) is 14.9 Å². The van der Waals surface area contributed by atoms with Crippen molar-refractivity contribution in [1.29, 1.82) is 0 Å². The molecule has 2 N–H and O–H groups in total. The minimum atomic E-state index is -0.290. The molecular formula is C22H23FN4O. The van der Waals surface area contributed by atoms with Gasteiger partial charge in [0.1, 0.15) is 11.6 Å². The monoisotopic (exact) mass is 378 g/mol. The maximum absolute atomic E-state index is 13.6. The van der Waals surface area contributed by atoms with Crippen molar-refractivity contribution in [3.05, 3.63) is 59.2 Å². The molecule has 0 spiro atoms. The summed E-state index contributed by atoms with van der Waals surface area (Å²) in [5.41, 5.74) is 4.34. The lowest BCUT2D eigenvalue weighted by molar-refractivity contribution is 0.0602. The molecule has 6 heteroatoms. The second-order valence-electron chi connectivity index (χ2n) is 7.66. The van der Waals surface area contributed by atoms with Gasteiger partial charge in [0, 0.05) is 13.1 Å². The summed E-state index contributed by atoms with van der Waals surface area (Å²) < 4.78 is 13.6. The molecule has 2 aromatic carbocycles. The van der Waals surface area contributed by atoms with Crippen molar-refractivity contribution in [3.63, 3.8) is 0 Å². The number of imidazole rings is 1. The highest BCUT2D eigenvalue weighted by molar-refractivity contribution is 6.00. The smallest absolute Gasteiger partial charge is 0.256 e. The third kappa shape index (κ3) is 2.93. The number of aryl methyl sites for hydroxylation is 1. The molecule has 3 heterocycles. The highest BCUT2D eigenvalue weighted by Gasteiger charge is 2.32. The Kier molecular flexibility index (Phi) is 4.26. The standard InChI is InChI=1S/C22H23FN4O/c23-15-9-10-17-18(13-15)26-21(25-17)19-8-1-2-12-27(19)22(28)16-7-3-5-14-6-4-11-24-20(14)16/h3,5,7,9-10,13,19,24H,1-2,4,6,8,11-12H2,(H,25,26)/t19-/m1/s1. The zero-order chi connectivity index (χ0) is 19.1. The first-order valence-electron chi connectivity index (χ1n) is 10.0. The van der Waals surface area contributed by atoms with Gasteiger partial charge in [-0.2, -0.15) is 0 Å². The maximum atomic E-state index is 13.6. The Morgan fingerprint density at radius 1 is 1.18 bits per heavy atom. The Balaban J connectivity index is 1.51. The van der Waals surface area contributed by atoms with E-state index >= 15 is 0 Å². The van der Waals surface area contributed by atoms with Crippen LogP contribution in [-0.4, -0.2) is 33.9 Å². The molecule has 0 aliphatic carbocycles. The Hall–Kier alpha value is -2.89. The number of piperidine rings is 1. The van der Waals surface area contributed by atoms with Crippen LogP contribution in [0.5, 0.6) is 0 Å². The molecule has 0 saturated carbocycles. The fourth-order valence-electron chi connectivity index (χ4n) is 4.46. The summed E-state index contributed by atoms with van der Waals surface area (Å²) in [5, 5.41) is 3.42. The minimum absolute atomic E-state index is 0.0441. The molecule has 3 aromatic rings. The van der Waals surface area contributed by atoms with Crippen LogP contribution in [0.2, 0.25) is 0 Å². The molecule has 2 aliphatic rings. The van der Waals surface area contributed by atoms with Gasteiger partial charge in [-0.3, -0.25) is 4.79 Å². The van der Waals surface area contributed by atoms with E-state index in [-0.39, 0.29) is 17.8 Å². The number of hydrogen-bond acceptors (Lipinski definition) is 3. The molecule has 28 heavy (non-hydrogen) atoms. The molecule has 1 saturated heterocycles. The molecule has 0 unspecified atom stereocenters. The molecule has 144 valence electrons. The molecule has 1 fully saturated rings. The van der Waals surface area contributed by atoms with Crippen LogP contribution in [0.3, 0.4) is 0 Å². The number of nitrogens with zero attached hydrogens (tertiary/aromatic N) is 2. The summed E-state index contributed by atoms with van der Waals surface area (Å²) in [7, 11) is 0. The van der Waals surface area contributed by atoms with Crippen molar-refractivity contribution in [3.8, 4) is 0 Å². The minimum Gasteiger partial charge on any atom is -0.384 e. The largest absolute Gasteiger partial charge is 0.384 e. The predicted molar refractivity (Wildman–Crippen MR) is 107 cm³/mol. The number of rotatable bonds is 2. The number of carbonyl (C=O) groups is 1. The van der Waals surface area contributed by atoms with Gasteiger partial charge in [-0.05, 0) is 61.9 Å². The topological polar surface area (TPSA) is 61.0 Å². The van der Waals surface area contributed by atoms with Gasteiger partial charge in [0.15, 0.2) is 0 Å². The number of amides is 1. The van der Waals surface area contributed by atoms with Gasteiger partial charge in [0.25, 0.3) is 5.91 Å². The van der Waals surface area contributed by atoms with Gasteiger partial charge in [-0.1, -0.05) is 12.1 Å². The predicted octanol–water partition coefficient (Wildman–Crippen LogP) is 4.43. The van der Waals surface area contributed by atoms with E-state index in [0.717, 1.165) is 61.2 Å². The molecule has 1 amide bonds. The van der Waals surface area contributed by atoms with Crippen molar-refractivity contribution in [2.75, 3.05) is 18.4 Å². The van der Waals surface area contributed by atoms with Crippen LogP contribution in [0, 0.1) is 5.82 Å². The summed E-state index contributed by atoms with van der Waals surface area (Å²) in [6.45, 7) is 1.61. The molecular weight excluding hydrogens is 355 g/mol. The SMILES string of the molecule is O=C(c1cccc2c1NCCC2)N1CCCC[C@@H]1c1nc2ccc(F)cc2[nH]1. The zero-order valence-corrected chi connectivity index (χ0v) is 15.7. The van der Waals surface area contributed by atoms with Gasteiger partial charge < -0.3 is 15.2 Å². The molecule has 1 aromatic heterocycles. The highest BCUT2D eigenvalue weighted by Crippen LogP contribution is 2.34. The summed E-state index contributed by atoms with van der Waals surface area (Å²) in [4.78, 5) is 23.3. The van der Waals surface area contributed by atoms with E-state index in [4.69, 9.17) is 0 Å². The average Bonchev–Trinajstić information content (AvgIpc) is 3.16. The van der Waals surface area contributed by atoms with Crippen molar-refractivity contribution < 1.29 is 9.18 Å². The zero-order valence-electron chi connectivity index (χ0n) is 15.7. The number of likely N-dealkylation sites (tertiary alicyclic amines) is 1. The average molecular weight is 378 g/mol. The van der Waals surface area contributed by atoms with E-state index in [9.17, 15) is 9.18 Å². The lowest BCUT2D eigenvalue weighted by atomic mass is 9.96. The molecule has 2 aliphatic heterocycles. The van der Waals surface area contributed by atoms with E-state index in [0.29, 0.717) is 12.1 Å². The van der Waals surface area contributed by atoms with Crippen molar-refractivity contribution in [2.45, 2.75) is 38.1 Å². The van der Waals surface area contributed by atoms with Crippen molar-refractivity contribution in [2.24, 2.45) is 0 Å². The third-order valence-corrected chi connectivity index (χ3v) is 5.85. The number of carbonyl (C=O) groups excluding carboxylic acids is 1.